The van der Waals surface area contributed by atoms with Crippen molar-refractivity contribution in [3.8, 4) is 5.75 Å². The maximum Gasteiger partial charge on any atom is 0.121 e. The van der Waals surface area contributed by atoms with Gasteiger partial charge in [-0.15, -0.1) is 0 Å². The predicted molar refractivity (Wildman–Crippen MR) is 89.3 cm³/mol. The summed E-state index contributed by atoms with van der Waals surface area (Å²) in [6.45, 7) is 0.720. The molecule has 0 bridgehead atoms. The molecule has 0 fully saturated rings. The minimum atomic E-state index is 0.691. The van der Waals surface area contributed by atoms with E-state index in [9.17, 15) is 0 Å². The molecule has 0 amide bonds. The number of anilines is 1. The van der Waals surface area contributed by atoms with Crippen molar-refractivity contribution >= 4 is 28.1 Å². The number of hydrogen-bond acceptors (Lipinski definition) is 2. The van der Waals surface area contributed by atoms with E-state index in [1.54, 1.807) is 7.11 Å². The quantitative estimate of drug-likeness (QED) is 0.722. The molecule has 0 aliphatic carbocycles. The van der Waals surface area contributed by atoms with Crippen LogP contribution in [0.5, 0.6) is 5.75 Å². The van der Waals surface area contributed by atoms with E-state index in [1.165, 1.54) is 16.3 Å². The number of halogens is 1. The van der Waals surface area contributed by atoms with Crippen molar-refractivity contribution in [1.29, 1.82) is 0 Å². The number of fused-ring (bicyclic) bond motifs is 1. The highest BCUT2D eigenvalue weighted by Gasteiger charge is 2.03. The number of nitrogens with one attached hydrogen (secondary N) is 1. The average molecular weight is 298 g/mol. The highest BCUT2D eigenvalue weighted by atomic mass is 35.5. The van der Waals surface area contributed by atoms with Gasteiger partial charge in [0, 0.05) is 12.6 Å². The molecule has 3 aromatic carbocycles. The van der Waals surface area contributed by atoms with Crippen molar-refractivity contribution in [3.05, 3.63) is 71.2 Å². The average Bonchev–Trinajstić information content (AvgIpc) is 2.54. The van der Waals surface area contributed by atoms with Gasteiger partial charge in [0.1, 0.15) is 5.75 Å². The van der Waals surface area contributed by atoms with Crippen LogP contribution in [0.25, 0.3) is 10.8 Å². The first kappa shape index (κ1) is 13.8. The van der Waals surface area contributed by atoms with Crippen LogP contribution in [0.15, 0.2) is 60.7 Å². The molecule has 106 valence electrons. The maximum atomic E-state index is 6.20. The molecule has 0 radical (unpaired) electrons. The third kappa shape index (κ3) is 3.11. The lowest BCUT2D eigenvalue weighted by Crippen LogP contribution is -2.00. The summed E-state index contributed by atoms with van der Waals surface area (Å²) in [4.78, 5) is 0. The first-order valence-corrected chi connectivity index (χ1v) is 7.19. The summed E-state index contributed by atoms with van der Waals surface area (Å²) in [5.41, 5.74) is 2.09. The topological polar surface area (TPSA) is 21.3 Å². The molecule has 3 heteroatoms. The molecule has 0 saturated heterocycles. The highest BCUT2D eigenvalue weighted by molar-refractivity contribution is 6.33. The third-order valence-electron chi connectivity index (χ3n) is 3.47. The molecule has 0 unspecified atom stereocenters. The first-order valence-electron chi connectivity index (χ1n) is 6.81. The maximum absolute atomic E-state index is 6.20. The Hall–Kier alpha value is -2.19. The van der Waals surface area contributed by atoms with Crippen LogP contribution in [-0.2, 0) is 6.54 Å². The highest BCUT2D eigenvalue weighted by Crippen LogP contribution is 2.27. The van der Waals surface area contributed by atoms with Crippen molar-refractivity contribution in [3.63, 3.8) is 0 Å². The normalized spacial score (nSPS) is 10.6. The molecule has 0 heterocycles. The Kier molecular flexibility index (Phi) is 3.98. The smallest absolute Gasteiger partial charge is 0.121 e. The van der Waals surface area contributed by atoms with Crippen LogP contribution in [-0.4, -0.2) is 7.11 Å². The molecular weight excluding hydrogens is 282 g/mol. The number of benzene rings is 3. The molecule has 0 saturated carbocycles. The summed E-state index contributed by atoms with van der Waals surface area (Å²) in [6, 6.07) is 20.4. The van der Waals surface area contributed by atoms with Gasteiger partial charge in [-0.1, -0.05) is 48.0 Å². The van der Waals surface area contributed by atoms with E-state index in [-0.39, 0.29) is 0 Å². The van der Waals surface area contributed by atoms with Crippen LogP contribution in [0.1, 0.15) is 5.56 Å². The summed E-state index contributed by atoms with van der Waals surface area (Å²) >= 11 is 6.20. The van der Waals surface area contributed by atoms with E-state index in [4.69, 9.17) is 16.3 Å². The molecule has 0 atom stereocenters. The van der Waals surface area contributed by atoms with Gasteiger partial charge >= 0.3 is 0 Å². The summed E-state index contributed by atoms with van der Waals surface area (Å²) in [6.07, 6.45) is 0. The van der Waals surface area contributed by atoms with Crippen molar-refractivity contribution in [2.24, 2.45) is 0 Å². The SMILES string of the molecule is COc1ccc(Cl)c(NCc2ccc3ccccc3c2)c1. The second kappa shape index (κ2) is 6.06. The summed E-state index contributed by atoms with van der Waals surface area (Å²) in [5.74, 6) is 0.792. The molecule has 3 rings (SSSR count). The Labute approximate surface area is 129 Å². The fourth-order valence-corrected chi connectivity index (χ4v) is 2.50. The Balaban J connectivity index is 1.80. The molecule has 0 aliphatic heterocycles. The zero-order chi connectivity index (χ0) is 14.7. The van der Waals surface area contributed by atoms with Crippen LogP contribution in [0.3, 0.4) is 0 Å². The minimum absolute atomic E-state index is 0.691. The van der Waals surface area contributed by atoms with Gasteiger partial charge < -0.3 is 10.1 Å². The molecule has 0 spiro atoms. The van der Waals surface area contributed by atoms with Gasteiger partial charge in [-0.2, -0.15) is 0 Å². The van der Waals surface area contributed by atoms with Gasteiger partial charge in [-0.05, 0) is 34.5 Å². The van der Waals surface area contributed by atoms with Crippen molar-refractivity contribution < 1.29 is 4.74 Å². The fraction of sp³-hybridized carbons (Fsp3) is 0.111. The number of ether oxygens (including phenoxy) is 1. The van der Waals surface area contributed by atoms with Crippen molar-refractivity contribution in [2.45, 2.75) is 6.54 Å². The minimum Gasteiger partial charge on any atom is -0.497 e. The monoisotopic (exact) mass is 297 g/mol. The van der Waals surface area contributed by atoms with Crippen LogP contribution in [0.4, 0.5) is 5.69 Å². The summed E-state index contributed by atoms with van der Waals surface area (Å²) in [7, 11) is 1.65. The van der Waals surface area contributed by atoms with E-state index < -0.39 is 0 Å². The Bertz CT molecular complexity index is 770. The third-order valence-corrected chi connectivity index (χ3v) is 3.80. The zero-order valence-electron chi connectivity index (χ0n) is 11.8. The zero-order valence-corrected chi connectivity index (χ0v) is 12.5. The lowest BCUT2D eigenvalue weighted by molar-refractivity contribution is 0.415. The van der Waals surface area contributed by atoms with Crippen LogP contribution in [0.2, 0.25) is 5.02 Å². The van der Waals surface area contributed by atoms with E-state index >= 15 is 0 Å². The summed E-state index contributed by atoms with van der Waals surface area (Å²) < 4.78 is 5.22. The van der Waals surface area contributed by atoms with Crippen molar-refractivity contribution in [2.75, 3.05) is 12.4 Å². The van der Waals surface area contributed by atoms with E-state index in [0.29, 0.717) is 5.02 Å². The number of hydrogen-bond donors (Lipinski definition) is 1. The molecule has 0 aromatic heterocycles. The van der Waals surface area contributed by atoms with E-state index in [2.05, 4.69) is 47.8 Å². The Morgan fingerprint density at radius 2 is 1.76 bits per heavy atom. The molecule has 3 aromatic rings. The van der Waals surface area contributed by atoms with E-state index in [1.807, 2.05) is 18.2 Å². The Morgan fingerprint density at radius 1 is 0.952 bits per heavy atom. The predicted octanol–water partition coefficient (Wildman–Crippen LogP) is 5.11. The largest absolute Gasteiger partial charge is 0.497 e. The van der Waals surface area contributed by atoms with E-state index in [0.717, 1.165) is 18.0 Å². The van der Waals surface area contributed by atoms with Gasteiger partial charge in [0.15, 0.2) is 0 Å². The second-order valence-corrected chi connectivity index (χ2v) is 5.29. The standard InChI is InChI=1S/C18H16ClNO/c1-21-16-8-9-17(19)18(11-16)20-12-13-6-7-14-4-2-3-5-15(14)10-13/h2-11,20H,12H2,1H3. The van der Waals surface area contributed by atoms with Gasteiger partial charge in [0.05, 0.1) is 17.8 Å². The van der Waals surface area contributed by atoms with Crippen LogP contribution < -0.4 is 10.1 Å². The molecule has 2 nitrogen and oxygen atoms in total. The van der Waals surface area contributed by atoms with Gasteiger partial charge in [-0.25, -0.2) is 0 Å². The summed E-state index contributed by atoms with van der Waals surface area (Å²) in [5, 5.41) is 6.54. The van der Waals surface area contributed by atoms with Gasteiger partial charge in [0.25, 0.3) is 0 Å². The lowest BCUT2D eigenvalue weighted by atomic mass is 10.1. The first-order chi connectivity index (χ1) is 10.3. The number of methoxy groups -OCH3 is 1. The molecular formula is C18H16ClNO. The fourth-order valence-electron chi connectivity index (χ4n) is 2.31. The van der Waals surface area contributed by atoms with Gasteiger partial charge in [0.2, 0.25) is 0 Å². The van der Waals surface area contributed by atoms with Crippen molar-refractivity contribution in [1.82, 2.24) is 0 Å². The molecule has 21 heavy (non-hydrogen) atoms. The number of rotatable bonds is 4. The second-order valence-electron chi connectivity index (χ2n) is 4.88. The van der Waals surface area contributed by atoms with Crippen LogP contribution in [0, 0.1) is 0 Å². The lowest BCUT2D eigenvalue weighted by Gasteiger charge is -2.11. The Morgan fingerprint density at radius 3 is 2.57 bits per heavy atom. The van der Waals surface area contributed by atoms with Crippen LogP contribution >= 0.6 is 11.6 Å². The van der Waals surface area contributed by atoms with Gasteiger partial charge in [-0.3, -0.25) is 0 Å². The molecule has 0 aliphatic rings. The molecule has 1 N–H and O–H groups in total.